The number of amides is 1. The van der Waals surface area contributed by atoms with Crippen molar-refractivity contribution in [3.05, 3.63) is 22.7 Å². The van der Waals surface area contributed by atoms with Crippen molar-refractivity contribution in [2.45, 2.75) is 45.1 Å². The molecule has 5 heteroatoms. The van der Waals surface area contributed by atoms with Gasteiger partial charge in [-0.25, -0.2) is 0 Å². The molecule has 2 unspecified atom stereocenters. The summed E-state index contributed by atoms with van der Waals surface area (Å²) in [7, 11) is 0. The van der Waals surface area contributed by atoms with Crippen molar-refractivity contribution < 1.29 is 4.79 Å². The molecule has 110 valence electrons. The van der Waals surface area contributed by atoms with Gasteiger partial charge in [0.2, 0.25) is 0 Å². The highest BCUT2D eigenvalue weighted by atomic mass is 35.5. The minimum Gasteiger partial charge on any atom is -0.399 e. The van der Waals surface area contributed by atoms with E-state index in [0.717, 1.165) is 18.8 Å². The summed E-state index contributed by atoms with van der Waals surface area (Å²) in [4.78, 5) is 11.6. The third-order valence-corrected chi connectivity index (χ3v) is 4.38. The number of benzene rings is 1. The second-order valence-electron chi connectivity index (χ2n) is 5.57. The van der Waals surface area contributed by atoms with E-state index in [1.165, 1.54) is 19.3 Å². The van der Waals surface area contributed by atoms with Crippen LogP contribution in [-0.4, -0.2) is 11.9 Å². The molecule has 1 amide bonds. The van der Waals surface area contributed by atoms with Crippen LogP contribution in [0.25, 0.3) is 0 Å². The van der Waals surface area contributed by atoms with Crippen molar-refractivity contribution in [3.8, 4) is 0 Å². The molecule has 2 atom stereocenters. The zero-order chi connectivity index (χ0) is 14.7. The van der Waals surface area contributed by atoms with Crippen molar-refractivity contribution in [2.24, 2.45) is 11.7 Å². The molecule has 0 heterocycles. The molecule has 1 fully saturated rings. The van der Waals surface area contributed by atoms with Crippen LogP contribution >= 0.6 is 11.6 Å². The number of anilines is 2. The van der Waals surface area contributed by atoms with Gasteiger partial charge in [-0.15, -0.1) is 0 Å². The molecule has 1 aliphatic carbocycles. The highest BCUT2D eigenvalue weighted by Crippen LogP contribution is 2.33. The summed E-state index contributed by atoms with van der Waals surface area (Å²) < 4.78 is 0. The molecule has 0 spiro atoms. The number of halogens is 1. The number of rotatable bonds is 4. The van der Waals surface area contributed by atoms with E-state index in [9.17, 15) is 4.79 Å². The minimum atomic E-state index is -0.510. The van der Waals surface area contributed by atoms with E-state index in [1.807, 2.05) is 0 Å². The first-order valence-corrected chi connectivity index (χ1v) is 7.54. The van der Waals surface area contributed by atoms with E-state index in [0.29, 0.717) is 28.0 Å². The third-order valence-electron chi connectivity index (χ3n) is 4.09. The standard InChI is InChI=1S/C15H22ClN3O/c1-2-9-4-3-5-11(6-9)19-14-12(15(18)20)7-10(17)8-13(14)16/h7-9,11,19H,2-6,17H2,1H3,(H2,18,20). The molecule has 0 saturated heterocycles. The van der Waals surface area contributed by atoms with Crippen LogP contribution in [0.5, 0.6) is 0 Å². The van der Waals surface area contributed by atoms with Crippen LogP contribution in [0.3, 0.4) is 0 Å². The smallest absolute Gasteiger partial charge is 0.250 e. The van der Waals surface area contributed by atoms with Crippen LogP contribution in [0.4, 0.5) is 11.4 Å². The first kappa shape index (κ1) is 15.0. The molecule has 0 bridgehead atoms. The number of hydrogen-bond acceptors (Lipinski definition) is 3. The van der Waals surface area contributed by atoms with Crippen LogP contribution in [-0.2, 0) is 0 Å². The number of primary amides is 1. The van der Waals surface area contributed by atoms with Gasteiger partial charge >= 0.3 is 0 Å². The average molecular weight is 296 g/mol. The Balaban J connectivity index is 2.22. The van der Waals surface area contributed by atoms with E-state index < -0.39 is 5.91 Å². The molecule has 0 aliphatic heterocycles. The van der Waals surface area contributed by atoms with Crippen molar-refractivity contribution in [1.82, 2.24) is 0 Å². The summed E-state index contributed by atoms with van der Waals surface area (Å²) in [5.74, 6) is 0.232. The Morgan fingerprint density at radius 2 is 2.20 bits per heavy atom. The molecule has 4 nitrogen and oxygen atoms in total. The predicted molar refractivity (Wildman–Crippen MR) is 84.0 cm³/mol. The molecular weight excluding hydrogens is 274 g/mol. The lowest BCUT2D eigenvalue weighted by atomic mass is 9.84. The monoisotopic (exact) mass is 295 g/mol. The van der Waals surface area contributed by atoms with E-state index >= 15 is 0 Å². The maximum atomic E-state index is 11.6. The molecule has 1 aromatic carbocycles. The third kappa shape index (κ3) is 3.37. The first-order valence-electron chi connectivity index (χ1n) is 7.16. The molecule has 1 aliphatic rings. The van der Waals surface area contributed by atoms with Gasteiger partial charge < -0.3 is 16.8 Å². The van der Waals surface area contributed by atoms with Gasteiger partial charge in [0.25, 0.3) is 5.91 Å². The largest absolute Gasteiger partial charge is 0.399 e. The summed E-state index contributed by atoms with van der Waals surface area (Å²) in [6.45, 7) is 2.22. The van der Waals surface area contributed by atoms with Gasteiger partial charge in [0, 0.05) is 11.7 Å². The lowest BCUT2D eigenvalue weighted by Gasteiger charge is -2.30. The van der Waals surface area contributed by atoms with Crippen LogP contribution in [0.2, 0.25) is 5.02 Å². The van der Waals surface area contributed by atoms with Gasteiger partial charge in [-0.05, 0) is 30.9 Å². The average Bonchev–Trinajstić information content (AvgIpc) is 2.41. The van der Waals surface area contributed by atoms with Crippen molar-refractivity contribution in [1.29, 1.82) is 0 Å². The summed E-state index contributed by atoms with van der Waals surface area (Å²) in [6.07, 6.45) is 5.88. The Morgan fingerprint density at radius 3 is 2.85 bits per heavy atom. The second-order valence-corrected chi connectivity index (χ2v) is 5.98. The highest BCUT2D eigenvalue weighted by molar-refractivity contribution is 6.34. The van der Waals surface area contributed by atoms with Gasteiger partial charge in [-0.3, -0.25) is 4.79 Å². The summed E-state index contributed by atoms with van der Waals surface area (Å²) >= 11 is 6.22. The number of hydrogen-bond donors (Lipinski definition) is 3. The molecule has 0 radical (unpaired) electrons. The summed E-state index contributed by atoms with van der Waals surface area (Å²) in [5, 5.41) is 3.86. The van der Waals surface area contributed by atoms with Gasteiger partial charge in [-0.2, -0.15) is 0 Å². The Labute approximate surface area is 124 Å². The molecule has 20 heavy (non-hydrogen) atoms. The van der Waals surface area contributed by atoms with Crippen molar-refractivity contribution in [3.63, 3.8) is 0 Å². The first-order chi connectivity index (χ1) is 9.51. The van der Waals surface area contributed by atoms with Crippen molar-refractivity contribution >= 4 is 28.9 Å². The molecule has 1 aromatic rings. The fourth-order valence-corrected chi connectivity index (χ4v) is 3.25. The van der Waals surface area contributed by atoms with E-state index in [2.05, 4.69) is 12.2 Å². The highest BCUT2D eigenvalue weighted by Gasteiger charge is 2.23. The van der Waals surface area contributed by atoms with Crippen molar-refractivity contribution in [2.75, 3.05) is 11.1 Å². The van der Waals surface area contributed by atoms with E-state index in [1.54, 1.807) is 12.1 Å². The molecule has 2 rings (SSSR count). The fraction of sp³-hybridized carbons (Fsp3) is 0.533. The Kier molecular flexibility index (Phi) is 4.76. The zero-order valence-electron chi connectivity index (χ0n) is 11.8. The maximum absolute atomic E-state index is 11.6. The summed E-state index contributed by atoms with van der Waals surface area (Å²) in [6, 6.07) is 3.57. The molecular formula is C15H22ClN3O. The van der Waals surface area contributed by atoms with Gasteiger partial charge in [-0.1, -0.05) is 37.8 Å². The topological polar surface area (TPSA) is 81.1 Å². The number of nitrogens with two attached hydrogens (primary N) is 2. The quantitative estimate of drug-likeness (QED) is 0.745. The fourth-order valence-electron chi connectivity index (χ4n) is 2.97. The Morgan fingerprint density at radius 1 is 1.45 bits per heavy atom. The van der Waals surface area contributed by atoms with E-state index in [4.69, 9.17) is 23.1 Å². The zero-order valence-corrected chi connectivity index (χ0v) is 12.5. The maximum Gasteiger partial charge on any atom is 0.250 e. The van der Waals surface area contributed by atoms with Crippen LogP contribution in [0, 0.1) is 5.92 Å². The molecule has 1 saturated carbocycles. The Hall–Kier alpha value is -1.42. The number of carbonyl (C=O) groups excluding carboxylic acids is 1. The van der Waals surface area contributed by atoms with E-state index in [-0.39, 0.29) is 0 Å². The van der Waals surface area contributed by atoms with Gasteiger partial charge in [0.1, 0.15) is 0 Å². The van der Waals surface area contributed by atoms with Gasteiger partial charge in [0.15, 0.2) is 0 Å². The second kappa shape index (κ2) is 6.35. The number of carbonyl (C=O) groups is 1. The van der Waals surface area contributed by atoms with Gasteiger partial charge in [0.05, 0.1) is 16.3 Å². The lowest BCUT2D eigenvalue weighted by Crippen LogP contribution is -2.28. The van der Waals surface area contributed by atoms with Crippen LogP contribution in [0.1, 0.15) is 49.4 Å². The summed E-state index contributed by atoms with van der Waals surface area (Å²) in [5.41, 5.74) is 12.6. The minimum absolute atomic E-state index is 0.341. The molecule has 5 N–H and O–H groups in total. The number of nitrogen functional groups attached to an aromatic ring is 1. The number of nitrogens with one attached hydrogen (secondary N) is 1. The SMILES string of the molecule is CCC1CCCC(Nc2c(Cl)cc(N)cc2C(N)=O)C1. The normalized spacial score (nSPS) is 22.5. The Bertz CT molecular complexity index is 504. The van der Waals surface area contributed by atoms with Crippen LogP contribution < -0.4 is 16.8 Å². The molecule has 0 aromatic heterocycles. The van der Waals surface area contributed by atoms with Crippen LogP contribution in [0.15, 0.2) is 12.1 Å². The predicted octanol–water partition coefficient (Wildman–Crippen LogP) is 3.40. The lowest BCUT2D eigenvalue weighted by molar-refractivity contribution is 0.100.